The highest BCUT2D eigenvalue weighted by Crippen LogP contribution is 2.61. The molecule has 0 radical (unpaired) electrons. The Bertz CT molecular complexity index is 870. The van der Waals surface area contributed by atoms with Crippen molar-refractivity contribution < 1.29 is 22.7 Å². The van der Waals surface area contributed by atoms with Crippen molar-refractivity contribution in [1.29, 1.82) is 0 Å². The van der Waals surface area contributed by atoms with Crippen molar-refractivity contribution in [2.24, 2.45) is 23.2 Å². The van der Waals surface area contributed by atoms with E-state index >= 15 is 0 Å². The van der Waals surface area contributed by atoms with E-state index in [4.69, 9.17) is 4.74 Å². The fraction of sp³-hybridized carbons (Fsp3) is 0.636. The third-order valence-corrected chi connectivity index (χ3v) is 7.44. The van der Waals surface area contributed by atoms with Gasteiger partial charge in [-0.05, 0) is 92.9 Å². The van der Waals surface area contributed by atoms with Gasteiger partial charge >= 0.3 is 5.97 Å². The number of carbonyl (C=O) groups is 2. The lowest BCUT2D eigenvalue weighted by molar-refractivity contribution is -0.154. The van der Waals surface area contributed by atoms with Crippen LogP contribution in [0.5, 0.6) is 0 Å². The number of ketones is 1. The lowest BCUT2D eigenvalue weighted by Crippen LogP contribution is -2.47. The number of carbonyl (C=O) groups excluding carboxylic acids is 2. The second-order valence-corrected chi connectivity index (χ2v) is 11.3. The number of esters is 1. The molecular formula is C22H29NO5S. The number of hydrogen-bond donors (Lipinski definition) is 1. The summed E-state index contributed by atoms with van der Waals surface area (Å²) < 4.78 is 30.4. The fourth-order valence-corrected chi connectivity index (χ4v) is 6.82. The van der Waals surface area contributed by atoms with Crippen LogP contribution in [0.3, 0.4) is 0 Å². The summed E-state index contributed by atoms with van der Waals surface area (Å²) in [7, 11) is -3.37. The van der Waals surface area contributed by atoms with Gasteiger partial charge in [-0.15, -0.1) is 0 Å². The van der Waals surface area contributed by atoms with Gasteiger partial charge in [0, 0.05) is 11.3 Å². The minimum atomic E-state index is -3.37. The van der Waals surface area contributed by atoms with Crippen molar-refractivity contribution in [1.82, 2.24) is 0 Å². The number of ether oxygens (including phenoxy) is 1. The van der Waals surface area contributed by atoms with Crippen molar-refractivity contribution in [2.45, 2.75) is 58.0 Å². The maximum Gasteiger partial charge on any atom is 0.307 e. The molecule has 4 aliphatic rings. The molecule has 4 saturated carbocycles. The summed E-state index contributed by atoms with van der Waals surface area (Å²) in [4.78, 5) is 25.3. The summed E-state index contributed by atoms with van der Waals surface area (Å²) in [5.74, 6) is 1.75. The zero-order chi connectivity index (χ0) is 20.8. The molecule has 4 bridgehead atoms. The normalized spacial score (nSPS) is 31.3. The quantitative estimate of drug-likeness (QED) is 0.537. The zero-order valence-corrected chi connectivity index (χ0v) is 17.8. The van der Waals surface area contributed by atoms with Crippen molar-refractivity contribution in [2.75, 3.05) is 11.0 Å². The largest absolute Gasteiger partial charge is 0.454 e. The standard InChI is InChI=1S/C22H29NO5S/c1-14(21(25)18-3-5-19(6-4-18)23-29(2,26)27)28-20(24)13-22-10-15-7-16(11-22)9-17(8-15)12-22/h3-6,14-17,23H,7-13H2,1-2H3/t14-,15?,16?,17?,22?/m0/s1. The Morgan fingerprint density at radius 3 is 2.07 bits per heavy atom. The van der Waals surface area contributed by atoms with E-state index in [0.29, 0.717) is 17.7 Å². The fourth-order valence-electron chi connectivity index (χ4n) is 6.26. The molecule has 0 aliphatic heterocycles. The molecule has 1 aromatic carbocycles. The van der Waals surface area contributed by atoms with Crippen LogP contribution in [0, 0.1) is 23.2 Å². The minimum absolute atomic E-state index is 0.0908. The van der Waals surface area contributed by atoms with Crippen molar-refractivity contribution >= 4 is 27.5 Å². The van der Waals surface area contributed by atoms with E-state index in [1.54, 1.807) is 19.1 Å². The van der Waals surface area contributed by atoms with E-state index in [1.807, 2.05) is 0 Å². The Hall–Kier alpha value is -1.89. The van der Waals surface area contributed by atoms with Gasteiger partial charge in [0.25, 0.3) is 0 Å². The number of anilines is 1. The van der Waals surface area contributed by atoms with E-state index < -0.39 is 16.1 Å². The minimum Gasteiger partial charge on any atom is -0.454 e. The molecule has 0 spiro atoms. The van der Waals surface area contributed by atoms with Gasteiger partial charge in [0.15, 0.2) is 6.10 Å². The highest BCUT2D eigenvalue weighted by atomic mass is 32.2. The van der Waals surface area contributed by atoms with E-state index in [0.717, 1.165) is 43.3 Å². The number of hydrogen-bond acceptors (Lipinski definition) is 5. The predicted octanol–water partition coefficient (Wildman–Crippen LogP) is 3.78. The molecule has 0 aromatic heterocycles. The molecule has 4 fully saturated rings. The maximum absolute atomic E-state index is 12.6. The first-order valence-corrected chi connectivity index (χ1v) is 12.3. The molecule has 0 amide bonds. The van der Waals surface area contributed by atoms with Gasteiger partial charge in [0.05, 0.1) is 12.7 Å². The molecule has 4 aliphatic carbocycles. The summed E-state index contributed by atoms with van der Waals surface area (Å²) in [6.07, 6.45) is 8.00. The Kier molecular flexibility index (Phi) is 5.21. The highest BCUT2D eigenvalue weighted by molar-refractivity contribution is 7.92. The molecule has 1 N–H and O–H groups in total. The van der Waals surface area contributed by atoms with Crippen LogP contribution >= 0.6 is 0 Å². The number of Topliss-reactive ketones (excluding diaryl/α,β-unsaturated/α-hetero) is 1. The molecule has 7 heteroatoms. The number of rotatable bonds is 7. The highest BCUT2D eigenvalue weighted by Gasteiger charge is 2.51. The van der Waals surface area contributed by atoms with Crippen molar-refractivity contribution in [3.8, 4) is 0 Å². The number of nitrogens with one attached hydrogen (secondary N) is 1. The summed E-state index contributed by atoms with van der Waals surface area (Å²) in [6, 6.07) is 6.13. The van der Waals surface area contributed by atoms with E-state index in [9.17, 15) is 18.0 Å². The molecule has 1 atom stereocenters. The van der Waals surface area contributed by atoms with Crippen molar-refractivity contribution in [3.05, 3.63) is 29.8 Å². The van der Waals surface area contributed by atoms with Crippen molar-refractivity contribution in [3.63, 3.8) is 0 Å². The Labute approximate surface area is 172 Å². The molecule has 0 heterocycles. The van der Waals surface area contributed by atoms with Gasteiger partial charge in [0.2, 0.25) is 15.8 Å². The third kappa shape index (κ3) is 4.65. The topological polar surface area (TPSA) is 89.5 Å². The molecular weight excluding hydrogens is 390 g/mol. The molecule has 6 nitrogen and oxygen atoms in total. The Morgan fingerprint density at radius 2 is 1.59 bits per heavy atom. The average molecular weight is 420 g/mol. The van der Waals surface area contributed by atoms with Gasteiger partial charge in [-0.1, -0.05) is 0 Å². The monoisotopic (exact) mass is 419 g/mol. The van der Waals surface area contributed by atoms with Gasteiger partial charge in [-0.25, -0.2) is 8.42 Å². The Morgan fingerprint density at radius 1 is 1.07 bits per heavy atom. The van der Waals surface area contributed by atoms with E-state index in [2.05, 4.69) is 4.72 Å². The first-order valence-electron chi connectivity index (χ1n) is 10.4. The van der Waals surface area contributed by atoms with Gasteiger partial charge in [0.1, 0.15) is 0 Å². The summed E-state index contributed by atoms with van der Waals surface area (Å²) in [5.41, 5.74) is 0.864. The second kappa shape index (κ2) is 7.42. The van der Waals surface area contributed by atoms with Gasteiger partial charge in [-0.2, -0.15) is 0 Å². The summed E-state index contributed by atoms with van der Waals surface area (Å²) in [5, 5.41) is 0. The van der Waals surface area contributed by atoms with Crippen LogP contribution in [0.25, 0.3) is 0 Å². The molecule has 0 unspecified atom stereocenters. The number of sulfonamides is 1. The predicted molar refractivity (Wildman–Crippen MR) is 110 cm³/mol. The van der Waals surface area contributed by atoms with Crippen LogP contribution in [0.1, 0.15) is 62.2 Å². The lowest BCUT2D eigenvalue weighted by atomic mass is 9.49. The van der Waals surface area contributed by atoms with Crippen LogP contribution in [0.15, 0.2) is 24.3 Å². The molecule has 158 valence electrons. The van der Waals surface area contributed by atoms with Gasteiger partial charge in [-0.3, -0.25) is 14.3 Å². The van der Waals surface area contributed by atoms with Crippen LogP contribution in [-0.2, 0) is 19.6 Å². The van der Waals surface area contributed by atoms with Gasteiger partial charge < -0.3 is 4.74 Å². The summed E-state index contributed by atoms with van der Waals surface area (Å²) in [6.45, 7) is 1.60. The molecule has 29 heavy (non-hydrogen) atoms. The molecule has 0 saturated heterocycles. The maximum atomic E-state index is 12.6. The molecule has 1 aromatic rings. The number of benzene rings is 1. The van der Waals surface area contributed by atoms with E-state index in [-0.39, 0.29) is 17.2 Å². The molecule has 5 rings (SSSR count). The SMILES string of the molecule is C[C@H](OC(=O)CC12CC3CC(CC(C3)C1)C2)C(=O)c1ccc(NS(C)(=O)=O)cc1. The van der Waals surface area contributed by atoms with Crippen LogP contribution in [0.4, 0.5) is 5.69 Å². The van der Waals surface area contributed by atoms with Crippen LogP contribution in [-0.4, -0.2) is 32.5 Å². The van der Waals surface area contributed by atoms with Crippen LogP contribution in [0.2, 0.25) is 0 Å². The second-order valence-electron chi connectivity index (χ2n) is 9.54. The summed E-state index contributed by atoms with van der Waals surface area (Å²) >= 11 is 0. The third-order valence-electron chi connectivity index (χ3n) is 6.83. The lowest BCUT2D eigenvalue weighted by Gasteiger charge is -2.56. The first kappa shape index (κ1) is 20.4. The Balaban J connectivity index is 1.34. The zero-order valence-electron chi connectivity index (χ0n) is 17.0. The average Bonchev–Trinajstić information content (AvgIpc) is 2.58. The smallest absolute Gasteiger partial charge is 0.307 e. The van der Waals surface area contributed by atoms with Crippen LogP contribution < -0.4 is 4.72 Å². The first-order chi connectivity index (χ1) is 13.6. The van der Waals surface area contributed by atoms with E-state index in [1.165, 1.54) is 31.4 Å².